The second-order valence-corrected chi connectivity index (χ2v) is 7.54. The summed E-state index contributed by atoms with van der Waals surface area (Å²) in [5.74, 6) is -0.567. The Bertz CT molecular complexity index is 864. The third-order valence-electron chi connectivity index (χ3n) is 4.91. The number of carbonyl (C=O) groups is 1. The lowest BCUT2D eigenvalue weighted by atomic mass is 9.75. The van der Waals surface area contributed by atoms with Gasteiger partial charge in [0.1, 0.15) is 0 Å². The number of hydrogen-bond acceptors (Lipinski definition) is 2. The summed E-state index contributed by atoms with van der Waals surface area (Å²) in [6, 6.07) is 11.6. The van der Waals surface area contributed by atoms with Gasteiger partial charge in [0.15, 0.2) is 0 Å². The van der Waals surface area contributed by atoms with Crippen LogP contribution in [0.5, 0.6) is 0 Å². The average molecular weight is 405 g/mol. The number of nitrogens with one attached hydrogen (secondary N) is 1. The molecule has 0 saturated heterocycles. The SMILES string of the molecule is O=C(O)c1ccc(Cl)c2c1[C@@H]1C=CC[C@H]1[C@H](c1cccc(Br)c1)N2. The monoisotopic (exact) mass is 403 g/mol. The Morgan fingerprint density at radius 3 is 2.88 bits per heavy atom. The first kappa shape index (κ1) is 15.7. The minimum absolute atomic E-state index is 0.0648. The number of halogens is 2. The Morgan fingerprint density at radius 2 is 2.12 bits per heavy atom. The van der Waals surface area contributed by atoms with Crippen molar-refractivity contribution in [2.24, 2.45) is 5.92 Å². The van der Waals surface area contributed by atoms with Crippen LogP contribution in [0.15, 0.2) is 53.0 Å². The number of anilines is 1. The number of aromatic carboxylic acids is 1. The molecule has 1 heterocycles. The topological polar surface area (TPSA) is 49.3 Å². The maximum Gasteiger partial charge on any atom is 0.336 e. The summed E-state index contributed by atoms with van der Waals surface area (Å²) in [5.41, 5.74) is 3.05. The highest BCUT2D eigenvalue weighted by atomic mass is 79.9. The number of carboxylic acid groups (broad SMARTS) is 1. The van der Waals surface area contributed by atoms with E-state index >= 15 is 0 Å². The van der Waals surface area contributed by atoms with E-state index < -0.39 is 5.97 Å². The van der Waals surface area contributed by atoms with Crippen LogP contribution in [-0.2, 0) is 0 Å². The van der Waals surface area contributed by atoms with E-state index in [9.17, 15) is 9.90 Å². The van der Waals surface area contributed by atoms with Gasteiger partial charge in [-0.05, 0) is 47.7 Å². The fraction of sp³-hybridized carbons (Fsp3) is 0.211. The maximum atomic E-state index is 11.7. The summed E-state index contributed by atoms with van der Waals surface area (Å²) < 4.78 is 1.03. The molecule has 0 spiro atoms. The van der Waals surface area contributed by atoms with E-state index in [4.69, 9.17) is 11.6 Å². The van der Waals surface area contributed by atoms with E-state index in [1.807, 2.05) is 12.1 Å². The Labute approximate surface area is 153 Å². The van der Waals surface area contributed by atoms with Crippen molar-refractivity contribution in [2.75, 3.05) is 5.32 Å². The number of hydrogen-bond donors (Lipinski definition) is 2. The van der Waals surface area contributed by atoms with Crippen LogP contribution in [0, 0.1) is 5.92 Å². The molecule has 0 fully saturated rings. The van der Waals surface area contributed by atoms with Crippen LogP contribution in [-0.4, -0.2) is 11.1 Å². The summed E-state index contributed by atoms with van der Waals surface area (Å²) >= 11 is 9.94. The van der Waals surface area contributed by atoms with Crippen molar-refractivity contribution < 1.29 is 9.90 Å². The fourth-order valence-corrected chi connectivity index (χ4v) is 4.53. The van der Waals surface area contributed by atoms with Crippen molar-refractivity contribution in [1.29, 1.82) is 0 Å². The van der Waals surface area contributed by atoms with E-state index in [0.717, 1.165) is 22.1 Å². The van der Waals surface area contributed by atoms with Crippen molar-refractivity contribution >= 4 is 39.2 Å². The molecule has 122 valence electrons. The van der Waals surface area contributed by atoms with Gasteiger partial charge in [-0.1, -0.05) is 51.8 Å². The Balaban J connectivity index is 1.88. The second kappa shape index (κ2) is 5.94. The first-order valence-corrected chi connectivity index (χ1v) is 8.97. The van der Waals surface area contributed by atoms with E-state index in [-0.39, 0.29) is 17.9 Å². The molecule has 2 aliphatic rings. The highest BCUT2D eigenvalue weighted by molar-refractivity contribution is 9.10. The van der Waals surface area contributed by atoms with E-state index in [0.29, 0.717) is 10.6 Å². The van der Waals surface area contributed by atoms with Gasteiger partial charge >= 0.3 is 5.97 Å². The highest BCUT2D eigenvalue weighted by Gasteiger charge is 2.40. The minimum Gasteiger partial charge on any atom is -0.478 e. The van der Waals surface area contributed by atoms with Gasteiger partial charge in [-0.25, -0.2) is 4.79 Å². The lowest BCUT2D eigenvalue weighted by molar-refractivity contribution is 0.0695. The summed E-state index contributed by atoms with van der Waals surface area (Å²) in [4.78, 5) is 11.7. The summed E-state index contributed by atoms with van der Waals surface area (Å²) in [7, 11) is 0. The van der Waals surface area contributed by atoms with Gasteiger partial charge < -0.3 is 10.4 Å². The van der Waals surface area contributed by atoms with Crippen molar-refractivity contribution in [2.45, 2.75) is 18.4 Å². The van der Waals surface area contributed by atoms with Crippen molar-refractivity contribution in [3.63, 3.8) is 0 Å². The van der Waals surface area contributed by atoms with Gasteiger partial charge in [-0.2, -0.15) is 0 Å². The number of carboxylic acids is 1. The van der Waals surface area contributed by atoms with E-state index in [1.165, 1.54) is 5.56 Å². The molecule has 0 aromatic heterocycles. The standard InChI is InChI=1S/C19H15BrClNO2/c20-11-4-1-3-10(9-11)17-13-6-2-5-12(13)16-14(19(23)24)7-8-15(21)18(16)22-17/h1-5,7-9,12-13,17,22H,6H2,(H,23,24)/t12-,13-,17+/m1/s1. The predicted octanol–water partition coefficient (Wildman–Crippen LogP) is 5.63. The van der Waals surface area contributed by atoms with Crippen LogP contribution >= 0.6 is 27.5 Å². The molecule has 4 rings (SSSR count). The molecule has 3 atom stereocenters. The number of benzene rings is 2. The number of rotatable bonds is 2. The van der Waals surface area contributed by atoms with Crippen molar-refractivity contribution in [1.82, 2.24) is 0 Å². The zero-order chi connectivity index (χ0) is 16.8. The van der Waals surface area contributed by atoms with Gasteiger partial charge in [0, 0.05) is 10.4 Å². The molecule has 2 aromatic carbocycles. The Hall–Kier alpha value is -1.78. The van der Waals surface area contributed by atoms with Crippen LogP contribution in [0.1, 0.15) is 39.9 Å². The smallest absolute Gasteiger partial charge is 0.336 e. The second-order valence-electron chi connectivity index (χ2n) is 6.22. The summed E-state index contributed by atoms with van der Waals surface area (Å²) in [6.45, 7) is 0. The molecule has 2 N–H and O–H groups in total. The van der Waals surface area contributed by atoms with Crippen molar-refractivity contribution in [3.05, 3.63) is 74.7 Å². The molecule has 24 heavy (non-hydrogen) atoms. The predicted molar refractivity (Wildman–Crippen MR) is 98.9 cm³/mol. The summed E-state index contributed by atoms with van der Waals surface area (Å²) in [6.07, 6.45) is 5.18. The molecule has 0 amide bonds. The minimum atomic E-state index is -0.912. The van der Waals surface area contributed by atoms with Gasteiger partial charge in [0.25, 0.3) is 0 Å². The van der Waals surface area contributed by atoms with Crippen LogP contribution in [0.25, 0.3) is 0 Å². The lowest BCUT2D eigenvalue weighted by Crippen LogP contribution is -2.30. The maximum absolute atomic E-state index is 11.7. The fourth-order valence-electron chi connectivity index (χ4n) is 3.89. The molecule has 0 saturated carbocycles. The quantitative estimate of drug-likeness (QED) is 0.638. The molecule has 0 radical (unpaired) electrons. The largest absolute Gasteiger partial charge is 0.478 e. The van der Waals surface area contributed by atoms with E-state index in [1.54, 1.807) is 12.1 Å². The average Bonchev–Trinajstić information content (AvgIpc) is 3.04. The molecule has 1 aliphatic heterocycles. The third kappa shape index (κ3) is 2.45. The molecule has 0 unspecified atom stereocenters. The Kier molecular flexibility index (Phi) is 3.89. The van der Waals surface area contributed by atoms with Gasteiger partial charge in [0.05, 0.1) is 22.3 Å². The van der Waals surface area contributed by atoms with Crippen molar-refractivity contribution in [3.8, 4) is 0 Å². The third-order valence-corrected chi connectivity index (χ3v) is 5.72. The molecule has 1 aliphatic carbocycles. The highest BCUT2D eigenvalue weighted by Crippen LogP contribution is 2.52. The van der Waals surface area contributed by atoms with Crippen LogP contribution in [0.3, 0.4) is 0 Å². The molecule has 2 aromatic rings. The molecule has 3 nitrogen and oxygen atoms in total. The Morgan fingerprint density at radius 1 is 1.29 bits per heavy atom. The molecular weight excluding hydrogens is 390 g/mol. The number of allylic oxidation sites excluding steroid dienone is 2. The number of fused-ring (bicyclic) bond motifs is 3. The van der Waals surface area contributed by atoms with E-state index in [2.05, 4.69) is 45.5 Å². The van der Waals surface area contributed by atoms with Gasteiger partial charge in [-0.3, -0.25) is 0 Å². The zero-order valence-electron chi connectivity index (χ0n) is 12.7. The van der Waals surface area contributed by atoms with Crippen LogP contribution in [0.4, 0.5) is 5.69 Å². The summed E-state index contributed by atoms with van der Waals surface area (Å²) in [5, 5.41) is 13.7. The zero-order valence-corrected chi connectivity index (χ0v) is 15.0. The van der Waals surface area contributed by atoms with Crippen LogP contribution < -0.4 is 5.32 Å². The van der Waals surface area contributed by atoms with Gasteiger partial charge in [-0.15, -0.1) is 0 Å². The molecule has 0 bridgehead atoms. The molecule has 5 heteroatoms. The van der Waals surface area contributed by atoms with Gasteiger partial charge in [0.2, 0.25) is 0 Å². The first-order chi connectivity index (χ1) is 11.6. The van der Waals surface area contributed by atoms with Crippen LogP contribution in [0.2, 0.25) is 5.02 Å². The first-order valence-electron chi connectivity index (χ1n) is 7.80. The lowest BCUT2D eigenvalue weighted by Gasteiger charge is -2.38. The normalized spacial score (nSPS) is 24.2. The molecular formula is C19H15BrClNO2.